The first kappa shape index (κ1) is 33.1. The van der Waals surface area contributed by atoms with Crippen LogP contribution in [0.15, 0.2) is 79.4 Å². The molecule has 0 spiro atoms. The van der Waals surface area contributed by atoms with Gasteiger partial charge in [-0.25, -0.2) is 0 Å². The van der Waals surface area contributed by atoms with Gasteiger partial charge in [0.1, 0.15) is 0 Å². The first-order valence-corrected chi connectivity index (χ1v) is 17.0. The van der Waals surface area contributed by atoms with Gasteiger partial charge < -0.3 is 0 Å². The molecule has 4 heteroatoms. The summed E-state index contributed by atoms with van der Waals surface area (Å²) >= 11 is 0. The lowest BCUT2D eigenvalue weighted by Crippen LogP contribution is -2.58. The summed E-state index contributed by atoms with van der Waals surface area (Å²) in [6.45, 7) is 24.6. The van der Waals surface area contributed by atoms with Gasteiger partial charge >= 0.3 is 0 Å². The average molecular weight is 628 g/mol. The van der Waals surface area contributed by atoms with Crippen LogP contribution >= 0.6 is 0 Å². The van der Waals surface area contributed by atoms with Crippen LogP contribution in [0, 0.1) is 76.2 Å². The molecule has 0 aliphatic carbocycles. The quantitative estimate of drug-likeness (QED) is 0.173. The van der Waals surface area contributed by atoms with E-state index in [-0.39, 0.29) is 6.71 Å². The van der Waals surface area contributed by atoms with E-state index in [0.717, 1.165) is 28.1 Å². The third kappa shape index (κ3) is 5.79. The van der Waals surface area contributed by atoms with Crippen molar-refractivity contribution in [2.75, 3.05) is 0 Å². The zero-order chi connectivity index (χ0) is 34.4. The summed E-state index contributed by atoms with van der Waals surface area (Å²) in [6, 6.07) is 20.1. The molecule has 0 radical (unpaired) electrons. The number of pyridine rings is 3. The molecule has 3 heterocycles. The van der Waals surface area contributed by atoms with E-state index in [1.165, 1.54) is 83.1 Å². The number of aryl methyl sites for hydroxylation is 8. The molecule has 0 aliphatic heterocycles. The van der Waals surface area contributed by atoms with Gasteiger partial charge in [-0.15, -0.1) is 0 Å². The summed E-state index contributed by atoms with van der Waals surface area (Å²) in [6.07, 6.45) is 7.92. The molecule has 0 saturated carbocycles. The predicted octanol–water partition coefficient (Wildman–Crippen LogP) is 8.78. The Morgan fingerprint density at radius 2 is 0.792 bits per heavy atom. The minimum absolute atomic E-state index is 0.00321. The van der Waals surface area contributed by atoms with Crippen molar-refractivity contribution in [1.29, 1.82) is 0 Å². The highest BCUT2D eigenvalue weighted by Crippen LogP contribution is 2.32. The monoisotopic (exact) mass is 627 g/mol. The maximum absolute atomic E-state index is 4.71. The van der Waals surface area contributed by atoms with Gasteiger partial charge in [0.15, 0.2) is 0 Å². The summed E-state index contributed by atoms with van der Waals surface area (Å²) in [4.78, 5) is 13.9. The highest BCUT2D eigenvalue weighted by Gasteiger charge is 2.34. The second kappa shape index (κ2) is 13.0. The third-order valence-electron chi connectivity index (χ3n) is 10.3. The van der Waals surface area contributed by atoms with Crippen molar-refractivity contribution in [3.63, 3.8) is 0 Å². The number of rotatable bonds is 6. The van der Waals surface area contributed by atoms with E-state index in [2.05, 4.69) is 116 Å². The lowest BCUT2D eigenvalue weighted by Gasteiger charge is -2.31. The lowest BCUT2D eigenvalue weighted by molar-refractivity contribution is 1.20. The van der Waals surface area contributed by atoms with Crippen LogP contribution in [0.1, 0.15) is 61.5 Å². The molecule has 0 unspecified atom stereocenters. The standard InChI is InChI=1S/C44H46BN3/c1-25-19-28(4)42(33(9)39(25)36-13-12-18-46-22-36)45(43-29(5)20-26(2)40(34(43)10)37-16-14-31(7)47-23-37)44-30(6)21-27(3)41(35(44)11)38-17-15-32(8)48-24-38/h12-24H,1-11H3. The molecule has 6 aromatic rings. The van der Waals surface area contributed by atoms with Gasteiger partial charge in [-0.05, 0) is 144 Å². The van der Waals surface area contributed by atoms with Gasteiger partial charge in [0.05, 0.1) is 0 Å². The summed E-state index contributed by atoms with van der Waals surface area (Å²) in [7, 11) is 0. The van der Waals surface area contributed by atoms with Gasteiger partial charge in [0.2, 0.25) is 6.71 Å². The molecular formula is C44H46BN3. The van der Waals surface area contributed by atoms with Crippen LogP contribution in [0.2, 0.25) is 0 Å². The van der Waals surface area contributed by atoms with E-state index < -0.39 is 0 Å². The number of benzene rings is 3. The van der Waals surface area contributed by atoms with Crippen LogP contribution in [0.25, 0.3) is 33.4 Å². The van der Waals surface area contributed by atoms with Crippen molar-refractivity contribution in [2.24, 2.45) is 0 Å². The van der Waals surface area contributed by atoms with Gasteiger partial charge in [0, 0.05) is 52.9 Å². The molecule has 3 aromatic heterocycles. The molecule has 6 rings (SSSR count). The number of hydrogen-bond acceptors (Lipinski definition) is 3. The Bertz CT molecular complexity index is 2060. The molecule has 0 aliphatic rings. The van der Waals surface area contributed by atoms with E-state index in [4.69, 9.17) is 9.97 Å². The number of hydrogen-bond donors (Lipinski definition) is 0. The van der Waals surface area contributed by atoms with Gasteiger partial charge in [0.25, 0.3) is 0 Å². The highest BCUT2D eigenvalue weighted by atomic mass is 14.7. The molecule has 0 amide bonds. The lowest BCUT2D eigenvalue weighted by atomic mass is 9.32. The SMILES string of the molecule is Cc1ccc(-c2c(C)cc(C)c(B(c3c(C)cc(C)c(-c4cccnc4)c3C)c3c(C)cc(C)c(-c4ccc(C)nc4)c3C)c2C)cn1. The molecule has 240 valence electrons. The predicted molar refractivity (Wildman–Crippen MR) is 206 cm³/mol. The normalized spacial score (nSPS) is 11.2. The Hall–Kier alpha value is -4.83. The van der Waals surface area contributed by atoms with Crippen LogP contribution in [-0.2, 0) is 0 Å². The maximum atomic E-state index is 4.71. The number of nitrogens with zero attached hydrogens (tertiary/aromatic N) is 3. The average Bonchev–Trinajstić information content (AvgIpc) is 3.02. The van der Waals surface area contributed by atoms with Crippen molar-refractivity contribution in [3.8, 4) is 33.4 Å². The van der Waals surface area contributed by atoms with E-state index in [1.807, 2.05) is 44.7 Å². The Labute approximate surface area is 287 Å². The zero-order valence-electron chi connectivity index (χ0n) is 30.4. The third-order valence-corrected chi connectivity index (χ3v) is 10.3. The second-order valence-electron chi connectivity index (χ2n) is 13.8. The molecular weight excluding hydrogens is 581 g/mol. The van der Waals surface area contributed by atoms with Crippen molar-refractivity contribution in [3.05, 3.63) is 141 Å². The van der Waals surface area contributed by atoms with Crippen LogP contribution < -0.4 is 16.4 Å². The molecule has 48 heavy (non-hydrogen) atoms. The number of aromatic nitrogens is 3. The van der Waals surface area contributed by atoms with E-state index in [0.29, 0.717) is 0 Å². The highest BCUT2D eigenvalue weighted by molar-refractivity contribution is 6.97. The molecule has 0 N–H and O–H groups in total. The van der Waals surface area contributed by atoms with E-state index in [9.17, 15) is 0 Å². The van der Waals surface area contributed by atoms with Crippen molar-refractivity contribution >= 4 is 23.1 Å². The maximum Gasteiger partial charge on any atom is 0.243 e. The molecule has 3 nitrogen and oxygen atoms in total. The van der Waals surface area contributed by atoms with Crippen LogP contribution in [0.4, 0.5) is 0 Å². The molecule has 3 aromatic carbocycles. The Morgan fingerprint density at radius 3 is 1.10 bits per heavy atom. The van der Waals surface area contributed by atoms with Crippen LogP contribution in [-0.4, -0.2) is 21.7 Å². The Balaban J connectivity index is 1.76. The van der Waals surface area contributed by atoms with Gasteiger partial charge in [-0.2, -0.15) is 0 Å². The first-order valence-electron chi connectivity index (χ1n) is 17.0. The first-order chi connectivity index (χ1) is 22.9. The topological polar surface area (TPSA) is 38.7 Å². The van der Waals surface area contributed by atoms with Crippen molar-refractivity contribution in [2.45, 2.75) is 76.2 Å². The summed E-state index contributed by atoms with van der Waals surface area (Å²) in [5, 5.41) is 0. The largest absolute Gasteiger partial charge is 0.264 e. The van der Waals surface area contributed by atoms with Gasteiger partial charge in [-0.1, -0.05) is 69.5 Å². The Morgan fingerprint density at radius 1 is 0.417 bits per heavy atom. The fourth-order valence-corrected chi connectivity index (χ4v) is 8.44. The van der Waals surface area contributed by atoms with Crippen molar-refractivity contribution < 1.29 is 0 Å². The second-order valence-corrected chi connectivity index (χ2v) is 13.8. The minimum Gasteiger partial charge on any atom is -0.264 e. The summed E-state index contributed by atoms with van der Waals surface area (Å²) in [5.41, 5.74) is 25.1. The molecule has 0 bridgehead atoms. The molecule has 0 atom stereocenters. The fraction of sp³-hybridized carbons (Fsp3) is 0.250. The van der Waals surface area contributed by atoms with Crippen molar-refractivity contribution in [1.82, 2.24) is 15.0 Å². The van der Waals surface area contributed by atoms with E-state index in [1.54, 1.807) is 0 Å². The van der Waals surface area contributed by atoms with Crippen LogP contribution in [0.3, 0.4) is 0 Å². The Kier molecular flexibility index (Phi) is 8.96. The van der Waals surface area contributed by atoms with Crippen LogP contribution in [0.5, 0.6) is 0 Å². The minimum atomic E-state index is -0.00321. The summed E-state index contributed by atoms with van der Waals surface area (Å²) < 4.78 is 0. The van der Waals surface area contributed by atoms with Gasteiger partial charge in [-0.3, -0.25) is 15.0 Å². The summed E-state index contributed by atoms with van der Waals surface area (Å²) in [5.74, 6) is 0. The smallest absolute Gasteiger partial charge is 0.243 e. The molecule has 0 fully saturated rings. The van der Waals surface area contributed by atoms with E-state index >= 15 is 0 Å². The fourth-order valence-electron chi connectivity index (χ4n) is 8.44. The molecule has 0 saturated heterocycles. The zero-order valence-corrected chi connectivity index (χ0v) is 30.4.